The van der Waals surface area contributed by atoms with Gasteiger partial charge in [0.1, 0.15) is 0 Å². The Morgan fingerprint density at radius 3 is 0.720 bits per heavy atom. The molecular formula is C18H18FeN6. The number of nitrogens with zero attached hydrogens (tertiary/aromatic N) is 6. The van der Waals surface area contributed by atoms with Crippen molar-refractivity contribution >= 4 is 0 Å². The van der Waals surface area contributed by atoms with Crippen molar-refractivity contribution < 1.29 is 17.1 Å². The maximum Gasteiger partial charge on any atom is 0.0529 e. The minimum Gasteiger partial charge on any atom is -0.265 e. The van der Waals surface area contributed by atoms with Crippen LogP contribution in [-0.2, 0) is 17.1 Å². The van der Waals surface area contributed by atoms with Crippen molar-refractivity contribution in [2.24, 2.45) is 0 Å². The van der Waals surface area contributed by atoms with Crippen LogP contribution >= 0.6 is 0 Å². The SMILES string of the molecule is [Fe].c1ccncc1.c1ccncc1.c1ccncc1.c1cnnnc1. The monoisotopic (exact) mass is 374 g/mol. The molecule has 0 aromatic carbocycles. The van der Waals surface area contributed by atoms with E-state index in [0.29, 0.717) is 0 Å². The predicted octanol–water partition coefficient (Wildman–Crippen LogP) is 3.11. The first-order valence-electron chi connectivity index (χ1n) is 7.13. The molecule has 0 radical (unpaired) electrons. The molecular weight excluding hydrogens is 356 g/mol. The van der Waals surface area contributed by atoms with Crippen LogP contribution in [0.15, 0.2) is 110 Å². The van der Waals surface area contributed by atoms with Crippen LogP contribution in [0.3, 0.4) is 0 Å². The van der Waals surface area contributed by atoms with Crippen molar-refractivity contribution in [1.82, 2.24) is 30.4 Å². The van der Waals surface area contributed by atoms with Crippen LogP contribution in [0.1, 0.15) is 0 Å². The van der Waals surface area contributed by atoms with E-state index in [-0.39, 0.29) is 17.1 Å². The average Bonchev–Trinajstić information content (AvgIpc) is 2.75. The van der Waals surface area contributed by atoms with Gasteiger partial charge in [0.25, 0.3) is 0 Å². The molecule has 0 aliphatic heterocycles. The summed E-state index contributed by atoms with van der Waals surface area (Å²) in [6.07, 6.45) is 13.7. The molecule has 0 fully saturated rings. The summed E-state index contributed by atoms with van der Waals surface area (Å²) in [7, 11) is 0. The molecule has 0 N–H and O–H groups in total. The Balaban J connectivity index is 0.000000303. The molecule has 0 saturated heterocycles. The number of aromatic nitrogens is 6. The summed E-state index contributed by atoms with van der Waals surface area (Å²) in [5.74, 6) is 0. The van der Waals surface area contributed by atoms with E-state index in [2.05, 4.69) is 30.4 Å². The van der Waals surface area contributed by atoms with Gasteiger partial charge in [-0.1, -0.05) is 18.2 Å². The Morgan fingerprint density at radius 2 is 0.640 bits per heavy atom. The average molecular weight is 374 g/mol. The van der Waals surface area contributed by atoms with Crippen LogP contribution in [-0.4, -0.2) is 30.4 Å². The Morgan fingerprint density at radius 1 is 0.320 bits per heavy atom. The molecule has 7 heteroatoms. The maximum atomic E-state index is 3.78. The molecule has 0 saturated carbocycles. The largest absolute Gasteiger partial charge is 0.265 e. The zero-order valence-corrected chi connectivity index (χ0v) is 14.5. The van der Waals surface area contributed by atoms with Gasteiger partial charge in [0.05, 0.1) is 12.4 Å². The molecule has 4 aromatic rings. The maximum absolute atomic E-state index is 3.78. The standard InChI is InChI=1S/3C5H5N.C3H3N3.Fe/c4*1-2-4-6-5-3-1;/h3*1-5H;1-3H;. The third-order valence-electron chi connectivity index (χ3n) is 2.11. The fourth-order valence-electron chi connectivity index (χ4n) is 1.14. The minimum absolute atomic E-state index is 0. The third kappa shape index (κ3) is 17.2. The van der Waals surface area contributed by atoms with Gasteiger partial charge in [-0.3, -0.25) is 15.0 Å². The van der Waals surface area contributed by atoms with Crippen molar-refractivity contribution in [2.45, 2.75) is 0 Å². The van der Waals surface area contributed by atoms with E-state index in [1.807, 2.05) is 54.6 Å². The van der Waals surface area contributed by atoms with Gasteiger partial charge in [0, 0.05) is 54.2 Å². The first-order valence-corrected chi connectivity index (χ1v) is 7.13. The molecule has 0 aliphatic rings. The van der Waals surface area contributed by atoms with E-state index < -0.39 is 0 Å². The molecule has 4 aromatic heterocycles. The van der Waals surface area contributed by atoms with Gasteiger partial charge in [0.15, 0.2) is 0 Å². The van der Waals surface area contributed by atoms with Crippen molar-refractivity contribution in [1.29, 1.82) is 0 Å². The second kappa shape index (κ2) is 19.0. The summed E-state index contributed by atoms with van der Waals surface area (Å²) in [5.41, 5.74) is 0. The van der Waals surface area contributed by atoms with Gasteiger partial charge in [-0.25, -0.2) is 0 Å². The molecule has 0 bridgehead atoms. The predicted molar refractivity (Wildman–Crippen MR) is 92.5 cm³/mol. The van der Waals surface area contributed by atoms with Crippen LogP contribution in [0, 0.1) is 0 Å². The smallest absolute Gasteiger partial charge is 0.0529 e. The molecule has 4 heterocycles. The van der Waals surface area contributed by atoms with Gasteiger partial charge in [-0.2, -0.15) is 0 Å². The first kappa shape index (κ1) is 22.0. The van der Waals surface area contributed by atoms with Gasteiger partial charge in [-0.15, -0.1) is 10.2 Å². The van der Waals surface area contributed by atoms with Crippen LogP contribution < -0.4 is 0 Å². The summed E-state index contributed by atoms with van der Waals surface area (Å²) in [6.45, 7) is 0. The summed E-state index contributed by atoms with van der Waals surface area (Å²) >= 11 is 0. The Hall–Kier alpha value is -3.02. The molecule has 128 valence electrons. The number of hydrogen-bond acceptors (Lipinski definition) is 6. The summed E-state index contributed by atoms with van der Waals surface area (Å²) in [6, 6.07) is 18.9. The van der Waals surface area contributed by atoms with Gasteiger partial charge in [-0.05, 0) is 47.7 Å². The minimum atomic E-state index is 0. The first-order chi connectivity index (χ1) is 12.0. The van der Waals surface area contributed by atoms with Crippen molar-refractivity contribution in [3.63, 3.8) is 0 Å². The third-order valence-corrected chi connectivity index (χ3v) is 2.11. The zero-order chi connectivity index (χ0) is 17.0. The van der Waals surface area contributed by atoms with Crippen molar-refractivity contribution in [3.8, 4) is 0 Å². The van der Waals surface area contributed by atoms with Gasteiger partial charge in [0.2, 0.25) is 0 Å². The molecule has 25 heavy (non-hydrogen) atoms. The Bertz CT molecular complexity index is 439. The Labute approximate surface area is 157 Å². The second-order valence-corrected chi connectivity index (χ2v) is 3.88. The van der Waals surface area contributed by atoms with Crippen LogP contribution in [0.5, 0.6) is 0 Å². The quantitative estimate of drug-likeness (QED) is 0.440. The molecule has 0 spiro atoms. The van der Waals surface area contributed by atoms with Crippen molar-refractivity contribution in [3.05, 3.63) is 110 Å². The topological polar surface area (TPSA) is 77.3 Å². The number of rotatable bonds is 0. The van der Waals surface area contributed by atoms with Crippen molar-refractivity contribution in [2.75, 3.05) is 0 Å². The van der Waals surface area contributed by atoms with Crippen LogP contribution in [0.2, 0.25) is 0 Å². The van der Waals surface area contributed by atoms with E-state index in [1.165, 1.54) is 0 Å². The van der Waals surface area contributed by atoms with Gasteiger partial charge >= 0.3 is 0 Å². The number of hydrogen-bond donors (Lipinski definition) is 0. The van der Waals surface area contributed by atoms with E-state index in [1.54, 1.807) is 55.6 Å². The van der Waals surface area contributed by atoms with Crippen LogP contribution in [0.4, 0.5) is 0 Å². The normalized spacial score (nSPS) is 7.68. The van der Waals surface area contributed by atoms with E-state index in [4.69, 9.17) is 0 Å². The van der Waals surface area contributed by atoms with E-state index >= 15 is 0 Å². The van der Waals surface area contributed by atoms with E-state index in [9.17, 15) is 0 Å². The Kier molecular flexibility index (Phi) is 16.7. The molecule has 0 amide bonds. The van der Waals surface area contributed by atoms with E-state index in [0.717, 1.165) is 0 Å². The summed E-state index contributed by atoms with van der Waals surface area (Å²) in [4.78, 5) is 11.4. The molecule has 4 rings (SSSR count). The molecule has 0 aliphatic carbocycles. The van der Waals surface area contributed by atoms with Gasteiger partial charge < -0.3 is 0 Å². The summed E-state index contributed by atoms with van der Waals surface area (Å²) < 4.78 is 0. The second-order valence-electron chi connectivity index (χ2n) is 3.88. The molecule has 0 atom stereocenters. The molecule has 0 unspecified atom stereocenters. The summed E-state index contributed by atoms with van der Waals surface area (Å²) in [5, 5.41) is 10.1. The number of pyridine rings is 3. The zero-order valence-electron chi connectivity index (χ0n) is 13.4. The molecule has 6 nitrogen and oxygen atoms in total. The fourth-order valence-corrected chi connectivity index (χ4v) is 1.14. The fraction of sp³-hybridized carbons (Fsp3) is 0. The van der Waals surface area contributed by atoms with Crippen LogP contribution in [0.25, 0.3) is 0 Å².